The van der Waals surface area contributed by atoms with Crippen molar-refractivity contribution in [2.24, 2.45) is 15.9 Å². The molecule has 1 rings (SSSR count). The van der Waals surface area contributed by atoms with Crippen LogP contribution in [-0.4, -0.2) is 22.6 Å². The highest BCUT2D eigenvalue weighted by atomic mass is 127. The van der Waals surface area contributed by atoms with Gasteiger partial charge in [-0.25, -0.2) is 0 Å². The van der Waals surface area contributed by atoms with Crippen LogP contribution in [0, 0.1) is 0 Å². The van der Waals surface area contributed by atoms with Gasteiger partial charge in [0.25, 0.3) is 0 Å². The second-order valence-electron chi connectivity index (χ2n) is 2.14. The predicted molar refractivity (Wildman–Crippen MR) is 57.0 cm³/mol. The second-order valence-corrected chi connectivity index (χ2v) is 2.97. The Hall–Kier alpha value is -0.630. The van der Waals surface area contributed by atoms with Gasteiger partial charge in [0.15, 0.2) is 5.17 Å². The molecule has 6 heteroatoms. The van der Waals surface area contributed by atoms with Crippen molar-refractivity contribution in [1.29, 1.82) is 0 Å². The Morgan fingerprint density at radius 3 is 2.93 bits per heavy atom. The van der Waals surface area contributed by atoms with E-state index in [9.17, 15) is 0 Å². The molecule has 0 spiro atoms. The van der Waals surface area contributed by atoms with Crippen molar-refractivity contribution < 1.29 is 24.0 Å². The number of aromatic nitrogens is 1. The van der Waals surface area contributed by atoms with Crippen molar-refractivity contribution in [2.45, 2.75) is 0 Å². The van der Waals surface area contributed by atoms with Crippen molar-refractivity contribution in [3.63, 3.8) is 0 Å². The van der Waals surface area contributed by atoms with Crippen LogP contribution in [0.3, 0.4) is 0 Å². The smallest absolute Gasteiger partial charge is 0.180 e. The largest absolute Gasteiger partial charge is 1.00 e. The van der Waals surface area contributed by atoms with Gasteiger partial charge in [0.05, 0.1) is 11.9 Å². The zero-order valence-corrected chi connectivity index (χ0v) is 10.6. The molecule has 0 saturated carbocycles. The maximum absolute atomic E-state index is 5.42. The normalized spacial score (nSPS) is 11.4. The van der Waals surface area contributed by atoms with Crippen molar-refractivity contribution in [3.05, 3.63) is 30.1 Å². The Balaban J connectivity index is 0.00000169. The van der Waals surface area contributed by atoms with Gasteiger partial charge in [-0.05, 0) is 18.4 Å². The van der Waals surface area contributed by atoms with Crippen molar-refractivity contribution in [3.8, 4) is 0 Å². The third kappa shape index (κ3) is 5.18. The quantitative estimate of drug-likeness (QED) is 0.299. The minimum atomic E-state index is 0. The molecule has 0 atom stereocenters. The number of thioether (sulfide) groups is 1. The summed E-state index contributed by atoms with van der Waals surface area (Å²) >= 11 is 1.35. The molecule has 1 heterocycles. The number of pyridine rings is 1. The highest BCUT2D eigenvalue weighted by Gasteiger charge is 1.85. The summed E-state index contributed by atoms with van der Waals surface area (Å²) in [5.41, 5.74) is 6.18. The van der Waals surface area contributed by atoms with Crippen molar-refractivity contribution in [2.75, 3.05) is 6.26 Å². The van der Waals surface area contributed by atoms with Gasteiger partial charge in [-0.3, -0.25) is 4.98 Å². The maximum Gasteiger partial charge on any atom is 0.180 e. The molecule has 2 N–H and O–H groups in total. The standard InChI is InChI=1S/C8H10N4S.HI/c1-13-8(9)12-11-6-7-4-2-3-5-10-7;/h2-6H,1H3,(H2,9,12);1H/p-1/b11-6+;. The molecule has 0 saturated heterocycles. The fourth-order valence-electron chi connectivity index (χ4n) is 0.638. The molecule has 76 valence electrons. The molecule has 4 nitrogen and oxygen atoms in total. The minimum absolute atomic E-state index is 0. The first kappa shape index (κ1) is 13.4. The van der Waals surface area contributed by atoms with E-state index in [1.807, 2.05) is 24.5 Å². The lowest BCUT2D eigenvalue weighted by Crippen LogP contribution is -3.00. The van der Waals surface area contributed by atoms with Crippen LogP contribution >= 0.6 is 11.8 Å². The zero-order valence-electron chi connectivity index (χ0n) is 7.59. The lowest BCUT2D eigenvalue weighted by molar-refractivity contribution is -0.00000282. The van der Waals surface area contributed by atoms with Gasteiger partial charge < -0.3 is 29.7 Å². The number of hydrogen-bond acceptors (Lipinski definition) is 4. The summed E-state index contributed by atoms with van der Waals surface area (Å²) in [6.45, 7) is 0. The molecule has 0 fully saturated rings. The summed E-state index contributed by atoms with van der Waals surface area (Å²) in [4.78, 5) is 4.04. The second kappa shape index (κ2) is 7.74. The maximum atomic E-state index is 5.42. The first-order chi connectivity index (χ1) is 6.33. The van der Waals surface area contributed by atoms with Crippen LogP contribution in [0.1, 0.15) is 5.69 Å². The van der Waals surface area contributed by atoms with E-state index in [1.165, 1.54) is 11.8 Å². The van der Waals surface area contributed by atoms with E-state index in [1.54, 1.807) is 12.4 Å². The van der Waals surface area contributed by atoms with Gasteiger partial charge in [-0.1, -0.05) is 17.8 Å². The van der Waals surface area contributed by atoms with Crippen molar-refractivity contribution >= 4 is 23.1 Å². The van der Waals surface area contributed by atoms with Gasteiger partial charge in [0, 0.05) is 6.20 Å². The lowest BCUT2D eigenvalue weighted by Gasteiger charge is -1.89. The third-order valence-electron chi connectivity index (χ3n) is 1.24. The molecule has 0 aliphatic carbocycles. The summed E-state index contributed by atoms with van der Waals surface area (Å²) in [6, 6.07) is 5.57. The molecule has 0 bridgehead atoms. The minimum Gasteiger partial charge on any atom is -1.00 e. The number of amidine groups is 1. The average Bonchev–Trinajstić information content (AvgIpc) is 2.19. The number of nitrogens with zero attached hydrogens (tertiary/aromatic N) is 3. The van der Waals surface area contributed by atoms with Crippen LogP contribution < -0.4 is 29.7 Å². The Morgan fingerprint density at radius 1 is 1.57 bits per heavy atom. The number of halogens is 1. The summed E-state index contributed by atoms with van der Waals surface area (Å²) in [7, 11) is 0. The molecule has 1 aromatic heterocycles. The number of nitrogens with two attached hydrogens (primary N) is 1. The third-order valence-corrected chi connectivity index (χ3v) is 1.74. The summed E-state index contributed by atoms with van der Waals surface area (Å²) in [6.07, 6.45) is 5.10. The Kier molecular flexibility index (Phi) is 7.40. The molecule has 0 amide bonds. The monoisotopic (exact) mass is 321 g/mol. The van der Waals surface area contributed by atoms with E-state index >= 15 is 0 Å². The topological polar surface area (TPSA) is 63.6 Å². The first-order valence-electron chi connectivity index (χ1n) is 3.64. The summed E-state index contributed by atoms with van der Waals surface area (Å²) in [5, 5.41) is 7.93. The van der Waals surface area contributed by atoms with E-state index < -0.39 is 0 Å². The number of rotatable bonds is 2. The van der Waals surface area contributed by atoms with Gasteiger partial charge >= 0.3 is 0 Å². The SMILES string of the molecule is CS/C(N)=N/N=C/c1ccccn1.[I-]. The molecule has 0 radical (unpaired) electrons. The average molecular weight is 321 g/mol. The Labute approximate surface area is 104 Å². The molecule has 0 aromatic carbocycles. The van der Waals surface area contributed by atoms with E-state index in [0.29, 0.717) is 5.17 Å². The van der Waals surface area contributed by atoms with Crippen LogP contribution in [0.25, 0.3) is 0 Å². The van der Waals surface area contributed by atoms with Gasteiger partial charge in [0.2, 0.25) is 0 Å². The van der Waals surface area contributed by atoms with Crippen LogP contribution in [0.5, 0.6) is 0 Å². The summed E-state index contributed by atoms with van der Waals surface area (Å²) < 4.78 is 0. The van der Waals surface area contributed by atoms with Crippen molar-refractivity contribution in [1.82, 2.24) is 4.98 Å². The van der Waals surface area contributed by atoms with E-state index in [0.717, 1.165) is 5.69 Å². The number of hydrogen-bond donors (Lipinski definition) is 1. The fraction of sp³-hybridized carbons (Fsp3) is 0.125. The molecular formula is C8H10IN4S-. The molecule has 14 heavy (non-hydrogen) atoms. The Morgan fingerprint density at radius 2 is 2.36 bits per heavy atom. The highest BCUT2D eigenvalue weighted by molar-refractivity contribution is 8.13. The molecule has 1 aromatic rings. The van der Waals surface area contributed by atoms with Crippen LogP contribution in [-0.2, 0) is 0 Å². The summed E-state index contributed by atoms with van der Waals surface area (Å²) in [5.74, 6) is 0. The lowest BCUT2D eigenvalue weighted by atomic mass is 10.4. The van der Waals surface area contributed by atoms with E-state index in [4.69, 9.17) is 5.73 Å². The van der Waals surface area contributed by atoms with Gasteiger partial charge in [0.1, 0.15) is 0 Å². The van der Waals surface area contributed by atoms with Crippen LogP contribution in [0.15, 0.2) is 34.6 Å². The van der Waals surface area contributed by atoms with E-state index in [2.05, 4.69) is 15.2 Å². The predicted octanol–water partition coefficient (Wildman–Crippen LogP) is -1.90. The Bertz CT molecular complexity index is 312. The van der Waals surface area contributed by atoms with Gasteiger partial charge in [-0.15, -0.1) is 5.10 Å². The molecule has 0 aliphatic heterocycles. The highest BCUT2D eigenvalue weighted by Crippen LogP contribution is 1.92. The molecule has 0 aliphatic rings. The molecule has 0 unspecified atom stereocenters. The fourth-order valence-corrected chi connectivity index (χ4v) is 0.767. The zero-order chi connectivity index (χ0) is 9.52. The first-order valence-corrected chi connectivity index (χ1v) is 4.87. The van der Waals surface area contributed by atoms with Crippen LogP contribution in [0.2, 0.25) is 0 Å². The van der Waals surface area contributed by atoms with Gasteiger partial charge in [-0.2, -0.15) is 5.10 Å². The van der Waals surface area contributed by atoms with Crippen LogP contribution in [0.4, 0.5) is 0 Å². The van der Waals surface area contributed by atoms with E-state index in [-0.39, 0.29) is 24.0 Å². The molecular weight excluding hydrogens is 311 g/mol.